The van der Waals surface area contributed by atoms with Crippen LogP contribution in [0.5, 0.6) is 11.5 Å². The molecule has 0 unspecified atom stereocenters. The number of benzene rings is 2. The Balaban J connectivity index is 1.19. The minimum absolute atomic E-state index is 0.191. The van der Waals surface area contributed by atoms with Crippen LogP contribution in [0, 0.1) is 18.3 Å². The largest absolute Gasteiger partial charge is 0.497 e. The normalized spacial score (nSPS) is 13.6. The second-order valence-electron chi connectivity index (χ2n) is 11.6. The van der Waals surface area contributed by atoms with Crippen molar-refractivity contribution in [1.82, 2.24) is 24.4 Å². The fourth-order valence-corrected chi connectivity index (χ4v) is 7.38. The summed E-state index contributed by atoms with van der Waals surface area (Å²) in [6, 6.07) is 17.7. The summed E-state index contributed by atoms with van der Waals surface area (Å²) in [6.07, 6.45) is 3.39. The van der Waals surface area contributed by atoms with E-state index in [4.69, 9.17) is 26.1 Å². The molecule has 242 valence electrons. The van der Waals surface area contributed by atoms with E-state index in [0.29, 0.717) is 27.9 Å². The molecule has 0 spiro atoms. The van der Waals surface area contributed by atoms with Crippen LogP contribution in [0.2, 0.25) is 5.02 Å². The molecular formula is C36H32ClN7O3S. The molecule has 6 aromatic rings. The average molecular weight is 678 g/mol. The van der Waals surface area contributed by atoms with Gasteiger partial charge < -0.3 is 19.3 Å². The summed E-state index contributed by atoms with van der Waals surface area (Å²) in [5, 5.41) is 13.2. The van der Waals surface area contributed by atoms with Crippen molar-refractivity contribution in [3.05, 3.63) is 93.1 Å². The van der Waals surface area contributed by atoms with Crippen LogP contribution in [0.3, 0.4) is 0 Å². The molecule has 0 aliphatic carbocycles. The Bertz CT molecular complexity index is 2250. The lowest BCUT2D eigenvalue weighted by Crippen LogP contribution is -2.45. The molecule has 0 saturated carbocycles. The van der Waals surface area contributed by atoms with Gasteiger partial charge in [0.2, 0.25) is 0 Å². The summed E-state index contributed by atoms with van der Waals surface area (Å²) < 4.78 is 14.3. The molecule has 1 aliphatic heterocycles. The molecule has 48 heavy (non-hydrogen) atoms. The van der Waals surface area contributed by atoms with Crippen LogP contribution in [0.1, 0.15) is 11.4 Å². The van der Waals surface area contributed by atoms with Crippen LogP contribution in [0.25, 0.3) is 43.4 Å². The summed E-state index contributed by atoms with van der Waals surface area (Å²) in [7, 11) is 3.72. The number of methoxy groups -OCH3 is 1. The molecule has 1 fully saturated rings. The number of pyridine rings is 2. The number of likely N-dealkylation sites (N-methyl/N-ethyl adjacent to an activating group) is 1. The van der Waals surface area contributed by atoms with Crippen molar-refractivity contribution >= 4 is 49.9 Å². The average Bonchev–Trinajstić information content (AvgIpc) is 3.54. The van der Waals surface area contributed by atoms with Gasteiger partial charge in [-0.3, -0.25) is 14.3 Å². The smallest absolute Gasteiger partial charge is 0.263 e. The highest BCUT2D eigenvalue weighted by Gasteiger charge is 2.23. The first kappa shape index (κ1) is 31.6. The van der Waals surface area contributed by atoms with E-state index in [1.54, 1.807) is 48.4 Å². The van der Waals surface area contributed by atoms with Gasteiger partial charge in [-0.05, 0) is 55.9 Å². The van der Waals surface area contributed by atoms with E-state index >= 15 is 0 Å². The van der Waals surface area contributed by atoms with Gasteiger partial charge in [0.1, 0.15) is 41.4 Å². The van der Waals surface area contributed by atoms with Crippen molar-refractivity contribution in [2.45, 2.75) is 13.5 Å². The number of ether oxygens (including phenoxy) is 2. The van der Waals surface area contributed by atoms with Gasteiger partial charge in [0.25, 0.3) is 5.56 Å². The number of nitrogens with zero attached hydrogens (tertiary/aromatic N) is 7. The molecule has 0 N–H and O–H groups in total. The lowest BCUT2D eigenvalue weighted by Gasteiger charge is -2.33. The standard InChI is InChI=1S/C36H32ClN7O3S/c1-22-41-30-20-40-35(43-14-12-42(2)13-15-43)28(19-38)32(30)36(45)44(22)16-17-47-31-9-6-24(37)18-27(31)26-10-11-39-33-29(21-48-34(26)33)23-4-7-25(46-3)8-5-23/h4-11,18,20-21H,12-17H2,1-3H3. The number of aryl methyl sites for hydroxylation is 1. The number of nitriles is 1. The van der Waals surface area contributed by atoms with Gasteiger partial charge in [-0.2, -0.15) is 5.26 Å². The predicted molar refractivity (Wildman–Crippen MR) is 191 cm³/mol. The van der Waals surface area contributed by atoms with E-state index in [0.717, 1.165) is 64.4 Å². The van der Waals surface area contributed by atoms with Gasteiger partial charge in [0.15, 0.2) is 0 Å². The number of rotatable bonds is 8. The van der Waals surface area contributed by atoms with Gasteiger partial charge in [-0.1, -0.05) is 23.7 Å². The van der Waals surface area contributed by atoms with Crippen molar-refractivity contribution in [1.29, 1.82) is 5.26 Å². The van der Waals surface area contributed by atoms with Crippen molar-refractivity contribution < 1.29 is 9.47 Å². The number of anilines is 1. The van der Waals surface area contributed by atoms with Crippen LogP contribution >= 0.6 is 22.9 Å². The fourth-order valence-electron chi connectivity index (χ4n) is 6.14. The van der Waals surface area contributed by atoms with E-state index in [9.17, 15) is 10.1 Å². The summed E-state index contributed by atoms with van der Waals surface area (Å²) in [5.74, 6) is 2.47. The fraction of sp³-hybridized carbons (Fsp3) is 0.250. The third-order valence-corrected chi connectivity index (χ3v) is 9.98. The molecule has 7 rings (SSSR count). The molecular weight excluding hydrogens is 646 g/mol. The van der Waals surface area contributed by atoms with E-state index in [1.165, 1.54) is 0 Å². The number of halogens is 1. The maximum atomic E-state index is 13.9. The Hall–Kier alpha value is -5.02. The van der Waals surface area contributed by atoms with Gasteiger partial charge in [-0.25, -0.2) is 9.97 Å². The third kappa shape index (κ3) is 5.83. The number of aromatic nitrogens is 4. The first-order valence-electron chi connectivity index (χ1n) is 15.5. The summed E-state index contributed by atoms with van der Waals surface area (Å²) in [5.41, 5.74) is 5.13. The molecule has 0 bridgehead atoms. The van der Waals surface area contributed by atoms with Crippen molar-refractivity contribution in [3.8, 4) is 39.8 Å². The minimum Gasteiger partial charge on any atom is -0.497 e. The van der Waals surface area contributed by atoms with E-state index in [1.807, 2.05) is 42.5 Å². The molecule has 0 radical (unpaired) electrons. The highest BCUT2D eigenvalue weighted by Crippen LogP contribution is 2.42. The Morgan fingerprint density at radius 3 is 2.56 bits per heavy atom. The summed E-state index contributed by atoms with van der Waals surface area (Å²) >= 11 is 8.12. The van der Waals surface area contributed by atoms with Crippen molar-refractivity contribution in [2.75, 3.05) is 51.8 Å². The molecule has 1 saturated heterocycles. The molecule has 2 aromatic carbocycles. The zero-order valence-electron chi connectivity index (χ0n) is 26.7. The molecule has 10 nitrogen and oxygen atoms in total. The molecule has 0 atom stereocenters. The number of thiophene rings is 1. The lowest BCUT2D eigenvalue weighted by atomic mass is 10.0. The topological polar surface area (TPSA) is 109 Å². The van der Waals surface area contributed by atoms with E-state index < -0.39 is 0 Å². The zero-order chi connectivity index (χ0) is 33.4. The third-order valence-electron chi connectivity index (χ3n) is 8.74. The Labute approximate surface area is 286 Å². The van der Waals surface area contributed by atoms with Gasteiger partial charge in [-0.15, -0.1) is 11.3 Å². The highest BCUT2D eigenvalue weighted by atomic mass is 35.5. The molecule has 0 amide bonds. The number of hydrogen-bond donors (Lipinski definition) is 0. The van der Waals surface area contributed by atoms with E-state index in [-0.39, 0.29) is 29.7 Å². The molecule has 5 heterocycles. The second-order valence-corrected chi connectivity index (χ2v) is 13.0. The zero-order valence-corrected chi connectivity index (χ0v) is 28.3. The van der Waals surface area contributed by atoms with Crippen molar-refractivity contribution in [3.63, 3.8) is 0 Å². The monoisotopic (exact) mass is 677 g/mol. The van der Waals surface area contributed by atoms with Gasteiger partial charge in [0.05, 0.1) is 41.0 Å². The van der Waals surface area contributed by atoms with E-state index in [2.05, 4.69) is 38.3 Å². The number of piperazine rings is 1. The van der Waals surface area contributed by atoms with Crippen LogP contribution in [-0.2, 0) is 6.54 Å². The van der Waals surface area contributed by atoms with Crippen LogP contribution in [0.15, 0.2) is 71.1 Å². The Kier molecular flexibility index (Phi) is 8.71. The minimum atomic E-state index is -0.285. The predicted octanol–water partition coefficient (Wildman–Crippen LogP) is 6.41. The quantitative estimate of drug-likeness (QED) is 0.181. The SMILES string of the molecule is COc1ccc(-c2csc3c(-c4cc(Cl)ccc4OCCn4c(C)nc5cnc(N6CCN(C)CC6)c(C#N)c5c4=O)ccnc23)cc1. The van der Waals surface area contributed by atoms with Crippen LogP contribution in [0.4, 0.5) is 5.82 Å². The second kappa shape index (κ2) is 13.2. The maximum Gasteiger partial charge on any atom is 0.263 e. The van der Waals surface area contributed by atoms with Crippen LogP contribution in [-0.4, -0.2) is 71.4 Å². The Morgan fingerprint density at radius 1 is 1.02 bits per heavy atom. The van der Waals surface area contributed by atoms with Gasteiger partial charge in [0, 0.05) is 59.5 Å². The first-order chi connectivity index (χ1) is 23.4. The maximum absolute atomic E-state index is 13.9. The number of fused-ring (bicyclic) bond motifs is 2. The lowest BCUT2D eigenvalue weighted by molar-refractivity contribution is 0.295. The van der Waals surface area contributed by atoms with Gasteiger partial charge >= 0.3 is 0 Å². The molecule has 1 aliphatic rings. The Morgan fingerprint density at radius 2 is 1.81 bits per heavy atom. The van der Waals surface area contributed by atoms with Crippen LogP contribution < -0.4 is 19.9 Å². The summed E-state index contributed by atoms with van der Waals surface area (Å²) in [4.78, 5) is 32.2. The number of hydrogen-bond acceptors (Lipinski definition) is 10. The highest BCUT2D eigenvalue weighted by molar-refractivity contribution is 7.18. The summed E-state index contributed by atoms with van der Waals surface area (Å²) in [6.45, 7) is 5.37. The van der Waals surface area contributed by atoms with Crippen molar-refractivity contribution in [2.24, 2.45) is 0 Å². The molecule has 12 heteroatoms. The molecule has 4 aromatic heterocycles. The first-order valence-corrected chi connectivity index (χ1v) is 16.8.